The molecule has 1 aromatic carbocycles. The third kappa shape index (κ3) is 1.81. The van der Waals surface area contributed by atoms with Crippen LogP contribution in [0.3, 0.4) is 0 Å². The fraction of sp³-hybridized carbons (Fsp3) is 0.500. The SMILES string of the molecule is Cc1ccc(N2CC(C)(C)C2)c(Br)c1. The molecule has 0 spiro atoms. The zero-order valence-corrected chi connectivity index (χ0v) is 10.6. The smallest absolute Gasteiger partial charge is 0.0511 e. The van der Waals surface area contributed by atoms with Gasteiger partial charge in [0.1, 0.15) is 0 Å². The summed E-state index contributed by atoms with van der Waals surface area (Å²) >= 11 is 3.62. The first kappa shape index (κ1) is 10.0. The molecule has 14 heavy (non-hydrogen) atoms. The Hall–Kier alpha value is -0.500. The third-order valence-corrected chi connectivity index (χ3v) is 3.32. The van der Waals surface area contributed by atoms with Crippen LogP contribution in [0.4, 0.5) is 5.69 Å². The van der Waals surface area contributed by atoms with Gasteiger partial charge < -0.3 is 4.90 Å². The van der Waals surface area contributed by atoms with Gasteiger partial charge in [0, 0.05) is 17.6 Å². The van der Waals surface area contributed by atoms with Gasteiger partial charge in [-0.05, 0) is 46.0 Å². The molecule has 0 saturated carbocycles. The molecule has 0 N–H and O–H groups in total. The number of rotatable bonds is 1. The van der Waals surface area contributed by atoms with E-state index in [9.17, 15) is 0 Å². The molecule has 1 aromatic rings. The van der Waals surface area contributed by atoms with Gasteiger partial charge in [0.25, 0.3) is 0 Å². The molecule has 2 heteroatoms. The monoisotopic (exact) mass is 253 g/mol. The molecule has 0 aliphatic carbocycles. The molecule has 0 unspecified atom stereocenters. The van der Waals surface area contributed by atoms with Crippen molar-refractivity contribution in [2.75, 3.05) is 18.0 Å². The van der Waals surface area contributed by atoms with E-state index in [-0.39, 0.29) is 0 Å². The minimum atomic E-state index is 0.490. The van der Waals surface area contributed by atoms with Gasteiger partial charge in [0.15, 0.2) is 0 Å². The highest BCUT2D eigenvalue weighted by Gasteiger charge is 2.34. The molecular weight excluding hydrogens is 238 g/mol. The highest BCUT2D eigenvalue weighted by molar-refractivity contribution is 9.10. The summed E-state index contributed by atoms with van der Waals surface area (Å²) in [5.74, 6) is 0. The summed E-state index contributed by atoms with van der Waals surface area (Å²) in [7, 11) is 0. The fourth-order valence-corrected chi connectivity index (χ4v) is 2.77. The van der Waals surface area contributed by atoms with E-state index in [1.54, 1.807) is 0 Å². The topological polar surface area (TPSA) is 3.24 Å². The van der Waals surface area contributed by atoms with Crippen molar-refractivity contribution in [2.45, 2.75) is 20.8 Å². The molecule has 2 rings (SSSR count). The van der Waals surface area contributed by atoms with Crippen molar-refractivity contribution >= 4 is 21.6 Å². The maximum atomic E-state index is 3.62. The summed E-state index contributed by atoms with van der Waals surface area (Å²) in [6, 6.07) is 6.56. The summed E-state index contributed by atoms with van der Waals surface area (Å²) in [5, 5.41) is 0. The molecule has 1 aliphatic heterocycles. The zero-order valence-electron chi connectivity index (χ0n) is 8.97. The van der Waals surface area contributed by atoms with Crippen LogP contribution in [0.15, 0.2) is 22.7 Å². The van der Waals surface area contributed by atoms with Crippen LogP contribution in [-0.4, -0.2) is 13.1 Å². The molecule has 0 radical (unpaired) electrons. The van der Waals surface area contributed by atoms with Gasteiger partial charge >= 0.3 is 0 Å². The Bertz CT molecular complexity index is 349. The minimum Gasteiger partial charge on any atom is -0.369 e. The molecule has 1 aliphatic rings. The van der Waals surface area contributed by atoms with Crippen molar-refractivity contribution in [3.63, 3.8) is 0 Å². The number of benzene rings is 1. The van der Waals surface area contributed by atoms with Crippen molar-refractivity contribution in [3.8, 4) is 0 Å². The van der Waals surface area contributed by atoms with Crippen molar-refractivity contribution in [2.24, 2.45) is 5.41 Å². The first-order chi connectivity index (χ1) is 6.48. The zero-order chi connectivity index (χ0) is 10.3. The molecule has 1 heterocycles. The Balaban J connectivity index is 2.19. The lowest BCUT2D eigenvalue weighted by atomic mass is 9.84. The standard InChI is InChI=1S/C12H16BrN/c1-9-4-5-11(10(13)6-9)14-7-12(2,3)8-14/h4-6H,7-8H2,1-3H3. The van der Waals surface area contributed by atoms with Crippen molar-refractivity contribution < 1.29 is 0 Å². The Morgan fingerprint density at radius 1 is 1.29 bits per heavy atom. The second-order valence-electron chi connectivity index (χ2n) is 4.98. The predicted octanol–water partition coefficient (Wildman–Crippen LogP) is 3.60. The second-order valence-corrected chi connectivity index (χ2v) is 5.83. The van der Waals surface area contributed by atoms with E-state index in [4.69, 9.17) is 0 Å². The molecular formula is C12H16BrN. The van der Waals surface area contributed by atoms with E-state index >= 15 is 0 Å². The quantitative estimate of drug-likeness (QED) is 0.740. The van der Waals surface area contributed by atoms with Crippen LogP contribution in [-0.2, 0) is 0 Å². The highest BCUT2D eigenvalue weighted by Crippen LogP contribution is 2.37. The van der Waals surface area contributed by atoms with Crippen LogP contribution in [0.25, 0.3) is 0 Å². The number of hydrogen-bond acceptors (Lipinski definition) is 1. The second kappa shape index (κ2) is 3.27. The largest absolute Gasteiger partial charge is 0.369 e. The van der Waals surface area contributed by atoms with E-state index < -0.39 is 0 Å². The molecule has 1 saturated heterocycles. The Labute approximate surface area is 94.2 Å². The minimum absolute atomic E-state index is 0.490. The lowest BCUT2D eigenvalue weighted by molar-refractivity contribution is 0.276. The lowest BCUT2D eigenvalue weighted by Gasteiger charge is -2.47. The maximum Gasteiger partial charge on any atom is 0.0511 e. The van der Waals surface area contributed by atoms with Crippen LogP contribution in [0.5, 0.6) is 0 Å². The molecule has 0 bridgehead atoms. The molecule has 1 nitrogen and oxygen atoms in total. The summed E-state index contributed by atoms with van der Waals surface area (Å²) in [4.78, 5) is 2.42. The van der Waals surface area contributed by atoms with Gasteiger partial charge in [0.2, 0.25) is 0 Å². The number of nitrogens with zero attached hydrogens (tertiary/aromatic N) is 1. The van der Waals surface area contributed by atoms with Crippen molar-refractivity contribution in [3.05, 3.63) is 28.2 Å². The lowest BCUT2D eigenvalue weighted by Crippen LogP contribution is -2.53. The van der Waals surface area contributed by atoms with E-state index in [0.717, 1.165) is 13.1 Å². The normalized spacial score (nSPS) is 19.3. The predicted molar refractivity (Wildman–Crippen MR) is 64.9 cm³/mol. The Morgan fingerprint density at radius 3 is 2.43 bits per heavy atom. The van der Waals surface area contributed by atoms with Crippen LogP contribution in [0.1, 0.15) is 19.4 Å². The summed E-state index contributed by atoms with van der Waals surface area (Å²) < 4.78 is 1.22. The molecule has 1 fully saturated rings. The number of halogens is 1. The van der Waals surface area contributed by atoms with Crippen LogP contribution in [0, 0.1) is 12.3 Å². The fourth-order valence-electron chi connectivity index (χ4n) is 2.03. The van der Waals surface area contributed by atoms with E-state index in [1.807, 2.05) is 0 Å². The van der Waals surface area contributed by atoms with Crippen LogP contribution >= 0.6 is 15.9 Å². The molecule has 76 valence electrons. The van der Waals surface area contributed by atoms with Gasteiger partial charge in [-0.15, -0.1) is 0 Å². The average Bonchev–Trinajstić information content (AvgIpc) is 2.00. The number of anilines is 1. The molecule has 0 amide bonds. The van der Waals surface area contributed by atoms with Crippen LogP contribution < -0.4 is 4.90 Å². The van der Waals surface area contributed by atoms with Gasteiger partial charge in [-0.2, -0.15) is 0 Å². The average molecular weight is 254 g/mol. The highest BCUT2D eigenvalue weighted by atomic mass is 79.9. The first-order valence-electron chi connectivity index (χ1n) is 4.99. The van der Waals surface area contributed by atoms with E-state index in [1.165, 1.54) is 15.7 Å². The third-order valence-electron chi connectivity index (χ3n) is 2.68. The molecule has 0 aromatic heterocycles. The summed E-state index contributed by atoms with van der Waals surface area (Å²) in [6.45, 7) is 9.06. The maximum absolute atomic E-state index is 3.62. The Kier molecular flexibility index (Phi) is 2.34. The first-order valence-corrected chi connectivity index (χ1v) is 5.78. The summed E-state index contributed by atoms with van der Waals surface area (Å²) in [6.07, 6.45) is 0. The Morgan fingerprint density at radius 2 is 1.93 bits per heavy atom. The van der Waals surface area contributed by atoms with Gasteiger partial charge in [-0.25, -0.2) is 0 Å². The summed E-state index contributed by atoms with van der Waals surface area (Å²) in [5.41, 5.74) is 3.12. The number of aryl methyl sites for hydroxylation is 1. The van der Waals surface area contributed by atoms with Crippen LogP contribution in [0.2, 0.25) is 0 Å². The number of hydrogen-bond donors (Lipinski definition) is 0. The van der Waals surface area contributed by atoms with E-state index in [2.05, 4.69) is 59.8 Å². The van der Waals surface area contributed by atoms with Gasteiger partial charge in [0.05, 0.1) is 5.69 Å². The van der Waals surface area contributed by atoms with Gasteiger partial charge in [-0.1, -0.05) is 19.9 Å². The van der Waals surface area contributed by atoms with E-state index in [0.29, 0.717) is 5.41 Å². The van der Waals surface area contributed by atoms with Crippen molar-refractivity contribution in [1.29, 1.82) is 0 Å². The van der Waals surface area contributed by atoms with Crippen molar-refractivity contribution in [1.82, 2.24) is 0 Å². The van der Waals surface area contributed by atoms with Gasteiger partial charge in [-0.3, -0.25) is 0 Å². The molecule has 0 atom stereocenters.